The fourth-order valence-corrected chi connectivity index (χ4v) is 2.13. The van der Waals surface area contributed by atoms with Gasteiger partial charge in [0.05, 0.1) is 6.07 Å². The number of benzene rings is 1. The van der Waals surface area contributed by atoms with Crippen molar-refractivity contribution in [3.8, 4) is 6.07 Å². The average molecular weight is 244 g/mol. The Morgan fingerprint density at radius 2 is 1.89 bits per heavy atom. The van der Waals surface area contributed by atoms with Crippen LogP contribution in [0.25, 0.3) is 0 Å². The molecule has 3 heteroatoms. The van der Waals surface area contributed by atoms with Crippen molar-refractivity contribution in [2.45, 2.75) is 40.5 Å². The van der Waals surface area contributed by atoms with Crippen molar-refractivity contribution in [1.82, 2.24) is 0 Å². The first-order chi connectivity index (χ1) is 8.49. The molecule has 0 fully saturated rings. The number of aryl methyl sites for hydroxylation is 3. The SMILES string of the molecule is CCCC(C#N)C(=O)Nc1c(C)cc(C)cc1C. The fourth-order valence-electron chi connectivity index (χ4n) is 2.13. The third kappa shape index (κ3) is 3.33. The molecule has 1 aromatic rings. The number of hydrogen-bond acceptors (Lipinski definition) is 2. The van der Waals surface area contributed by atoms with Gasteiger partial charge in [0.15, 0.2) is 0 Å². The second kappa shape index (κ2) is 6.20. The molecule has 3 nitrogen and oxygen atoms in total. The van der Waals surface area contributed by atoms with Crippen LogP contribution in [0, 0.1) is 38.0 Å². The smallest absolute Gasteiger partial charge is 0.241 e. The predicted octanol–water partition coefficient (Wildman–Crippen LogP) is 3.49. The quantitative estimate of drug-likeness (QED) is 0.881. The molecular formula is C15H20N2O. The van der Waals surface area contributed by atoms with Crippen molar-refractivity contribution in [3.63, 3.8) is 0 Å². The lowest BCUT2D eigenvalue weighted by molar-refractivity contribution is -0.118. The summed E-state index contributed by atoms with van der Waals surface area (Å²) in [7, 11) is 0. The zero-order valence-corrected chi connectivity index (χ0v) is 11.5. The van der Waals surface area contributed by atoms with Crippen molar-refractivity contribution >= 4 is 11.6 Å². The largest absolute Gasteiger partial charge is 0.324 e. The molecule has 0 radical (unpaired) electrons. The second-order valence-electron chi connectivity index (χ2n) is 4.73. The van der Waals surface area contributed by atoms with E-state index in [1.807, 2.05) is 39.8 Å². The molecule has 1 N–H and O–H groups in total. The van der Waals surface area contributed by atoms with Crippen LogP contribution in [-0.2, 0) is 4.79 Å². The standard InChI is InChI=1S/C15H20N2O/c1-5-6-13(9-16)15(18)17-14-11(3)7-10(2)8-12(14)4/h7-8,13H,5-6H2,1-4H3,(H,17,18). The third-order valence-electron chi connectivity index (χ3n) is 2.97. The molecule has 1 atom stereocenters. The lowest BCUT2D eigenvalue weighted by Gasteiger charge is -2.14. The molecule has 18 heavy (non-hydrogen) atoms. The van der Waals surface area contributed by atoms with E-state index in [1.54, 1.807) is 0 Å². The number of amides is 1. The molecule has 0 heterocycles. The molecule has 0 spiro atoms. The number of nitrogens with zero attached hydrogens (tertiary/aromatic N) is 1. The van der Waals surface area contributed by atoms with Gasteiger partial charge in [0.25, 0.3) is 0 Å². The minimum atomic E-state index is -0.560. The van der Waals surface area contributed by atoms with Crippen molar-refractivity contribution in [3.05, 3.63) is 28.8 Å². The predicted molar refractivity (Wildman–Crippen MR) is 73.3 cm³/mol. The van der Waals surface area contributed by atoms with Gasteiger partial charge in [-0.3, -0.25) is 4.79 Å². The number of carbonyl (C=O) groups is 1. The van der Waals surface area contributed by atoms with E-state index < -0.39 is 5.92 Å². The minimum absolute atomic E-state index is 0.200. The monoisotopic (exact) mass is 244 g/mol. The molecule has 0 saturated heterocycles. The topological polar surface area (TPSA) is 52.9 Å². The van der Waals surface area contributed by atoms with Crippen LogP contribution in [0.15, 0.2) is 12.1 Å². The molecule has 0 aliphatic rings. The highest BCUT2D eigenvalue weighted by atomic mass is 16.1. The maximum Gasteiger partial charge on any atom is 0.241 e. The Balaban J connectivity index is 2.92. The summed E-state index contributed by atoms with van der Waals surface area (Å²) in [6, 6.07) is 6.12. The van der Waals surface area contributed by atoms with E-state index in [-0.39, 0.29) is 5.91 Å². The van der Waals surface area contributed by atoms with Crippen LogP contribution in [0.2, 0.25) is 0 Å². The Bertz CT molecular complexity index is 463. The summed E-state index contributed by atoms with van der Waals surface area (Å²) in [5.74, 6) is -0.760. The summed E-state index contributed by atoms with van der Waals surface area (Å²) < 4.78 is 0. The highest BCUT2D eigenvalue weighted by Gasteiger charge is 2.18. The summed E-state index contributed by atoms with van der Waals surface area (Å²) >= 11 is 0. The zero-order valence-electron chi connectivity index (χ0n) is 11.5. The maximum absolute atomic E-state index is 12.0. The molecule has 0 saturated carbocycles. The van der Waals surface area contributed by atoms with Crippen molar-refractivity contribution < 1.29 is 4.79 Å². The lowest BCUT2D eigenvalue weighted by atomic mass is 10.0. The van der Waals surface area contributed by atoms with E-state index in [1.165, 1.54) is 5.56 Å². The van der Waals surface area contributed by atoms with Gasteiger partial charge in [-0.05, 0) is 38.3 Å². The first-order valence-corrected chi connectivity index (χ1v) is 6.28. The van der Waals surface area contributed by atoms with Crippen molar-refractivity contribution in [2.24, 2.45) is 5.92 Å². The Hall–Kier alpha value is -1.82. The maximum atomic E-state index is 12.0. The Kier molecular flexibility index (Phi) is 4.91. The number of nitrogens with one attached hydrogen (secondary N) is 1. The van der Waals surface area contributed by atoms with Gasteiger partial charge < -0.3 is 5.32 Å². The van der Waals surface area contributed by atoms with Crippen LogP contribution in [0.1, 0.15) is 36.5 Å². The molecule has 0 bridgehead atoms. The van der Waals surface area contributed by atoms with Gasteiger partial charge in [-0.25, -0.2) is 0 Å². The van der Waals surface area contributed by atoms with E-state index in [0.717, 1.165) is 23.2 Å². The number of hydrogen-bond donors (Lipinski definition) is 1. The van der Waals surface area contributed by atoms with Gasteiger partial charge >= 0.3 is 0 Å². The number of rotatable bonds is 4. The van der Waals surface area contributed by atoms with Crippen LogP contribution in [-0.4, -0.2) is 5.91 Å². The fraction of sp³-hybridized carbons (Fsp3) is 0.467. The van der Waals surface area contributed by atoms with Gasteiger partial charge in [-0.2, -0.15) is 5.26 Å². The van der Waals surface area contributed by atoms with E-state index >= 15 is 0 Å². The number of anilines is 1. The molecule has 0 aliphatic heterocycles. The number of carbonyl (C=O) groups excluding carboxylic acids is 1. The molecule has 0 aliphatic carbocycles. The summed E-state index contributed by atoms with van der Waals surface area (Å²) in [6.45, 7) is 7.94. The molecule has 0 aromatic heterocycles. The third-order valence-corrected chi connectivity index (χ3v) is 2.97. The highest BCUT2D eigenvalue weighted by Crippen LogP contribution is 2.23. The first kappa shape index (κ1) is 14.2. The lowest BCUT2D eigenvalue weighted by Crippen LogP contribution is -2.22. The zero-order chi connectivity index (χ0) is 13.7. The van der Waals surface area contributed by atoms with E-state index in [4.69, 9.17) is 5.26 Å². The number of nitriles is 1. The van der Waals surface area contributed by atoms with Crippen LogP contribution >= 0.6 is 0 Å². The molecule has 96 valence electrons. The normalized spacial score (nSPS) is 11.7. The molecule has 1 amide bonds. The average Bonchev–Trinajstić information content (AvgIpc) is 2.30. The van der Waals surface area contributed by atoms with Crippen molar-refractivity contribution in [1.29, 1.82) is 5.26 Å². The van der Waals surface area contributed by atoms with Gasteiger partial charge in [0, 0.05) is 5.69 Å². The Labute approximate surface area is 109 Å². The van der Waals surface area contributed by atoms with Crippen molar-refractivity contribution in [2.75, 3.05) is 5.32 Å². The summed E-state index contributed by atoms with van der Waals surface area (Å²) in [5, 5.41) is 11.9. The van der Waals surface area contributed by atoms with Crippen LogP contribution < -0.4 is 5.32 Å². The van der Waals surface area contributed by atoms with E-state index in [9.17, 15) is 4.79 Å². The Morgan fingerprint density at radius 3 is 2.33 bits per heavy atom. The van der Waals surface area contributed by atoms with Gasteiger partial charge in [0.1, 0.15) is 5.92 Å². The highest BCUT2D eigenvalue weighted by molar-refractivity contribution is 5.95. The van der Waals surface area contributed by atoms with Crippen LogP contribution in [0.4, 0.5) is 5.69 Å². The minimum Gasteiger partial charge on any atom is -0.324 e. The Morgan fingerprint density at radius 1 is 1.33 bits per heavy atom. The molecule has 1 unspecified atom stereocenters. The van der Waals surface area contributed by atoms with Gasteiger partial charge in [-0.1, -0.05) is 31.0 Å². The summed E-state index contributed by atoms with van der Waals surface area (Å²) in [5.41, 5.74) is 4.08. The van der Waals surface area contributed by atoms with Gasteiger partial charge in [0.2, 0.25) is 5.91 Å². The van der Waals surface area contributed by atoms with Crippen LogP contribution in [0.5, 0.6) is 0 Å². The van der Waals surface area contributed by atoms with Crippen LogP contribution in [0.3, 0.4) is 0 Å². The summed E-state index contributed by atoms with van der Waals surface area (Å²) in [6.07, 6.45) is 1.43. The molecule has 1 aromatic carbocycles. The second-order valence-corrected chi connectivity index (χ2v) is 4.73. The molecular weight excluding hydrogens is 224 g/mol. The summed E-state index contributed by atoms with van der Waals surface area (Å²) in [4.78, 5) is 12.0. The first-order valence-electron chi connectivity index (χ1n) is 6.28. The molecule has 1 rings (SSSR count). The van der Waals surface area contributed by atoms with Gasteiger partial charge in [-0.15, -0.1) is 0 Å². The van der Waals surface area contributed by atoms with E-state index in [0.29, 0.717) is 6.42 Å². The van der Waals surface area contributed by atoms with E-state index in [2.05, 4.69) is 11.4 Å².